The Hall–Kier alpha value is -0.970. The Morgan fingerprint density at radius 1 is 1.20 bits per heavy atom. The van der Waals surface area contributed by atoms with E-state index in [2.05, 4.69) is 25.7 Å². The molecule has 0 aromatic carbocycles. The molecule has 0 aliphatic carbocycles. The fourth-order valence-electron chi connectivity index (χ4n) is 0.931. The summed E-state index contributed by atoms with van der Waals surface area (Å²) >= 11 is 0. The molecule has 0 saturated heterocycles. The first-order valence-electron chi connectivity index (χ1n) is 5.69. The molecule has 2 nitrogen and oxygen atoms in total. The summed E-state index contributed by atoms with van der Waals surface area (Å²) in [5, 5.41) is 0. The molecule has 0 N–H and O–H groups in total. The van der Waals surface area contributed by atoms with Crippen LogP contribution < -0.4 is 0 Å². The molecular formula is C13H22O2. The molecule has 0 amide bonds. The molecular weight excluding hydrogens is 188 g/mol. The quantitative estimate of drug-likeness (QED) is 0.396. The van der Waals surface area contributed by atoms with Crippen molar-refractivity contribution in [3.8, 4) is 11.8 Å². The van der Waals surface area contributed by atoms with E-state index in [0.29, 0.717) is 12.5 Å². The average molecular weight is 210 g/mol. The SMILES string of the molecule is CC(C)C#CCCCCOC(=O)C(C)C. The van der Waals surface area contributed by atoms with Crippen molar-refractivity contribution in [1.29, 1.82) is 0 Å². The largest absolute Gasteiger partial charge is 0.465 e. The predicted octanol–water partition coefficient (Wildman–Crippen LogP) is 3.02. The topological polar surface area (TPSA) is 26.3 Å². The predicted molar refractivity (Wildman–Crippen MR) is 62.3 cm³/mol. The van der Waals surface area contributed by atoms with Crippen LogP contribution in [0.4, 0.5) is 0 Å². The summed E-state index contributed by atoms with van der Waals surface area (Å²) in [5.41, 5.74) is 0. The second kappa shape index (κ2) is 8.35. The van der Waals surface area contributed by atoms with E-state index in [1.54, 1.807) is 0 Å². The van der Waals surface area contributed by atoms with Crippen molar-refractivity contribution in [2.24, 2.45) is 11.8 Å². The van der Waals surface area contributed by atoms with Gasteiger partial charge in [-0.1, -0.05) is 27.7 Å². The Bertz CT molecular complexity index is 231. The van der Waals surface area contributed by atoms with Gasteiger partial charge in [0, 0.05) is 12.3 Å². The molecule has 0 spiro atoms. The van der Waals surface area contributed by atoms with E-state index < -0.39 is 0 Å². The third kappa shape index (κ3) is 9.34. The lowest BCUT2D eigenvalue weighted by molar-refractivity contribution is -0.147. The Labute approximate surface area is 93.4 Å². The molecule has 15 heavy (non-hydrogen) atoms. The lowest BCUT2D eigenvalue weighted by Gasteiger charge is -2.05. The highest BCUT2D eigenvalue weighted by atomic mass is 16.5. The van der Waals surface area contributed by atoms with Crippen molar-refractivity contribution >= 4 is 5.97 Å². The molecule has 0 saturated carbocycles. The molecule has 0 aromatic heterocycles. The monoisotopic (exact) mass is 210 g/mol. The first-order chi connectivity index (χ1) is 7.04. The highest BCUT2D eigenvalue weighted by Gasteiger charge is 2.06. The van der Waals surface area contributed by atoms with Gasteiger partial charge in [-0.05, 0) is 12.8 Å². The minimum Gasteiger partial charge on any atom is -0.465 e. The van der Waals surface area contributed by atoms with Crippen LogP contribution in [0, 0.1) is 23.7 Å². The fourth-order valence-corrected chi connectivity index (χ4v) is 0.931. The Balaban J connectivity index is 3.34. The number of rotatable bonds is 5. The van der Waals surface area contributed by atoms with E-state index in [9.17, 15) is 4.79 Å². The Morgan fingerprint density at radius 3 is 2.40 bits per heavy atom. The van der Waals surface area contributed by atoms with E-state index >= 15 is 0 Å². The third-order valence-electron chi connectivity index (χ3n) is 1.80. The van der Waals surface area contributed by atoms with Gasteiger partial charge in [0.2, 0.25) is 0 Å². The molecule has 0 radical (unpaired) electrons. The molecule has 0 atom stereocenters. The number of ether oxygens (including phenoxy) is 1. The van der Waals surface area contributed by atoms with Crippen LogP contribution in [0.5, 0.6) is 0 Å². The van der Waals surface area contributed by atoms with Crippen LogP contribution in [-0.2, 0) is 9.53 Å². The summed E-state index contributed by atoms with van der Waals surface area (Å²) in [6, 6.07) is 0. The summed E-state index contributed by atoms with van der Waals surface area (Å²) in [6.07, 6.45) is 2.81. The Kier molecular flexibility index (Phi) is 7.81. The number of esters is 1. The lowest BCUT2D eigenvalue weighted by Crippen LogP contribution is -2.12. The van der Waals surface area contributed by atoms with Crippen molar-refractivity contribution in [1.82, 2.24) is 0 Å². The molecule has 0 heterocycles. The molecule has 86 valence electrons. The van der Waals surface area contributed by atoms with E-state index in [0.717, 1.165) is 19.3 Å². The van der Waals surface area contributed by atoms with E-state index in [-0.39, 0.29) is 11.9 Å². The smallest absolute Gasteiger partial charge is 0.308 e. The van der Waals surface area contributed by atoms with Gasteiger partial charge < -0.3 is 4.74 Å². The number of carbonyl (C=O) groups excluding carboxylic acids is 1. The molecule has 0 aromatic rings. The van der Waals surface area contributed by atoms with E-state index in [4.69, 9.17) is 4.74 Å². The van der Waals surface area contributed by atoms with Crippen LogP contribution in [-0.4, -0.2) is 12.6 Å². The van der Waals surface area contributed by atoms with Crippen LogP contribution in [0.15, 0.2) is 0 Å². The normalized spacial score (nSPS) is 10.0. The zero-order valence-corrected chi connectivity index (χ0v) is 10.3. The minimum atomic E-state index is -0.108. The number of unbranched alkanes of at least 4 members (excludes halogenated alkanes) is 2. The molecule has 0 bridgehead atoms. The van der Waals surface area contributed by atoms with Crippen molar-refractivity contribution < 1.29 is 9.53 Å². The molecule has 2 heteroatoms. The molecule has 0 unspecified atom stereocenters. The van der Waals surface area contributed by atoms with Gasteiger partial charge in [0.05, 0.1) is 12.5 Å². The van der Waals surface area contributed by atoms with Crippen LogP contribution in [0.2, 0.25) is 0 Å². The van der Waals surface area contributed by atoms with Crippen LogP contribution >= 0.6 is 0 Å². The van der Waals surface area contributed by atoms with Crippen LogP contribution in [0.1, 0.15) is 47.0 Å². The van der Waals surface area contributed by atoms with Gasteiger partial charge in [-0.3, -0.25) is 4.79 Å². The van der Waals surface area contributed by atoms with E-state index in [1.807, 2.05) is 13.8 Å². The first kappa shape index (κ1) is 14.0. The second-order valence-corrected chi connectivity index (χ2v) is 4.26. The van der Waals surface area contributed by atoms with Crippen molar-refractivity contribution in [2.45, 2.75) is 47.0 Å². The Morgan fingerprint density at radius 2 is 1.87 bits per heavy atom. The third-order valence-corrected chi connectivity index (χ3v) is 1.80. The molecule has 0 fully saturated rings. The fraction of sp³-hybridized carbons (Fsp3) is 0.769. The number of carbonyl (C=O) groups is 1. The van der Waals surface area contributed by atoms with Gasteiger partial charge in [-0.15, -0.1) is 11.8 Å². The molecule has 0 aliphatic heterocycles. The lowest BCUT2D eigenvalue weighted by atomic mass is 10.2. The summed E-state index contributed by atoms with van der Waals surface area (Å²) in [4.78, 5) is 11.1. The van der Waals surface area contributed by atoms with Crippen LogP contribution in [0.25, 0.3) is 0 Å². The summed E-state index contributed by atoms with van der Waals surface area (Å²) < 4.78 is 5.04. The zero-order valence-electron chi connectivity index (χ0n) is 10.3. The zero-order chi connectivity index (χ0) is 11.7. The highest BCUT2D eigenvalue weighted by molar-refractivity contribution is 5.71. The van der Waals surface area contributed by atoms with Crippen molar-refractivity contribution in [3.05, 3.63) is 0 Å². The van der Waals surface area contributed by atoms with Crippen molar-refractivity contribution in [2.75, 3.05) is 6.61 Å². The second-order valence-electron chi connectivity index (χ2n) is 4.26. The van der Waals surface area contributed by atoms with Gasteiger partial charge in [0.15, 0.2) is 0 Å². The average Bonchev–Trinajstić information content (AvgIpc) is 2.15. The van der Waals surface area contributed by atoms with Gasteiger partial charge in [0.25, 0.3) is 0 Å². The minimum absolute atomic E-state index is 0.0225. The van der Waals surface area contributed by atoms with Gasteiger partial charge in [-0.25, -0.2) is 0 Å². The van der Waals surface area contributed by atoms with E-state index in [1.165, 1.54) is 0 Å². The maximum absolute atomic E-state index is 11.1. The summed E-state index contributed by atoms with van der Waals surface area (Å²) in [6.45, 7) is 8.38. The maximum atomic E-state index is 11.1. The standard InChI is InChI=1S/C13H22O2/c1-11(2)9-7-5-6-8-10-15-13(14)12(3)4/h11-12H,5-6,8,10H2,1-4H3. The first-order valence-corrected chi connectivity index (χ1v) is 5.69. The van der Waals surface area contributed by atoms with Gasteiger partial charge in [-0.2, -0.15) is 0 Å². The maximum Gasteiger partial charge on any atom is 0.308 e. The number of hydrogen-bond donors (Lipinski definition) is 0. The summed E-state index contributed by atoms with van der Waals surface area (Å²) in [7, 11) is 0. The van der Waals surface area contributed by atoms with Gasteiger partial charge in [0.1, 0.15) is 0 Å². The molecule has 0 rings (SSSR count). The van der Waals surface area contributed by atoms with Crippen LogP contribution in [0.3, 0.4) is 0 Å². The summed E-state index contributed by atoms with van der Waals surface area (Å²) in [5.74, 6) is 6.53. The van der Waals surface area contributed by atoms with Gasteiger partial charge >= 0.3 is 5.97 Å². The number of hydrogen-bond acceptors (Lipinski definition) is 2. The highest BCUT2D eigenvalue weighted by Crippen LogP contribution is 2.00. The van der Waals surface area contributed by atoms with Crippen molar-refractivity contribution in [3.63, 3.8) is 0 Å². The molecule has 0 aliphatic rings.